The van der Waals surface area contributed by atoms with Gasteiger partial charge in [-0.25, -0.2) is 0 Å². The summed E-state index contributed by atoms with van der Waals surface area (Å²) in [6.07, 6.45) is 1.62. The maximum absolute atomic E-state index is 12.3. The summed E-state index contributed by atoms with van der Waals surface area (Å²) in [4.78, 5) is 12.3. The van der Waals surface area contributed by atoms with Gasteiger partial charge in [0.25, 0.3) is 0 Å². The molecule has 1 heterocycles. The zero-order valence-corrected chi connectivity index (χ0v) is 9.76. The second-order valence-corrected chi connectivity index (χ2v) is 5.18. The summed E-state index contributed by atoms with van der Waals surface area (Å²) in [5, 5.41) is 0. The van der Waals surface area contributed by atoms with E-state index in [1.54, 1.807) is 0 Å². The smallest absolute Gasteiger partial charge is 0.158 e. The van der Waals surface area contributed by atoms with Gasteiger partial charge < -0.3 is 10.5 Å². The van der Waals surface area contributed by atoms with Crippen LogP contribution in [0, 0.1) is 5.92 Å². The Morgan fingerprint density at radius 1 is 1.35 bits per heavy atom. The molecule has 2 aliphatic rings. The van der Waals surface area contributed by atoms with Crippen LogP contribution >= 0.6 is 0 Å². The first-order valence-corrected chi connectivity index (χ1v) is 6.17. The van der Waals surface area contributed by atoms with E-state index in [-0.39, 0.29) is 11.7 Å². The third kappa shape index (κ3) is 1.90. The van der Waals surface area contributed by atoms with Gasteiger partial charge in [-0.3, -0.25) is 4.79 Å². The van der Waals surface area contributed by atoms with Gasteiger partial charge in [0.05, 0.1) is 6.61 Å². The van der Waals surface area contributed by atoms with Gasteiger partial charge in [0, 0.05) is 12.5 Å². The van der Waals surface area contributed by atoms with Crippen LogP contribution in [0.5, 0.6) is 0 Å². The number of ether oxygens (including phenoxy) is 1. The summed E-state index contributed by atoms with van der Waals surface area (Å²) < 4.78 is 5.25. The van der Waals surface area contributed by atoms with Crippen LogP contribution in [0.3, 0.4) is 0 Å². The van der Waals surface area contributed by atoms with Gasteiger partial charge in [-0.1, -0.05) is 30.3 Å². The van der Waals surface area contributed by atoms with Crippen molar-refractivity contribution in [2.45, 2.75) is 24.3 Å². The molecule has 2 fully saturated rings. The monoisotopic (exact) mass is 231 g/mol. The SMILES string of the molecule is NC1(C(=O)C2CC2c2ccccc2)CCOC1. The number of ketones is 1. The van der Waals surface area contributed by atoms with Crippen LogP contribution in [0.1, 0.15) is 24.3 Å². The van der Waals surface area contributed by atoms with Crippen molar-refractivity contribution in [3.63, 3.8) is 0 Å². The molecular weight excluding hydrogens is 214 g/mol. The van der Waals surface area contributed by atoms with Gasteiger partial charge in [0.1, 0.15) is 5.54 Å². The highest BCUT2D eigenvalue weighted by atomic mass is 16.5. The molecule has 1 saturated heterocycles. The van der Waals surface area contributed by atoms with Gasteiger partial charge in [0.2, 0.25) is 0 Å². The molecule has 17 heavy (non-hydrogen) atoms. The van der Waals surface area contributed by atoms with Crippen molar-refractivity contribution in [1.82, 2.24) is 0 Å². The minimum absolute atomic E-state index is 0.115. The zero-order chi connectivity index (χ0) is 11.9. The third-order valence-electron chi connectivity index (χ3n) is 3.90. The lowest BCUT2D eigenvalue weighted by atomic mass is 9.90. The molecule has 3 nitrogen and oxygen atoms in total. The third-order valence-corrected chi connectivity index (χ3v) is 3.90. The van der Waals surface area contributed by atoms with Crippen LogP contribution in [0.2, 0.25) is 0 Å². The summed E-state index contributed by atoms with van der Waals surface area (Å²) in [5.41, 5.74) is 6.65. The molecular formula is C14H17NO2. The van der Waals surface area contributed by atoms with Crippen LogP contribution in [0.25, 0.3) is 0 Å². The first kappa shape index (κ1) is 10.9. The number of rotatable bonds is 3. The van der Waals surface area contributed by atoms with E-state index in [4.69, 9.17) is 10.5 Å². The van der Waals surface area contributed by atoms with E-state index in [9.17, 15) is 4.79 Å². The first-order chi connectivity index (χ1) is 8.21. The molecule has 1 aromatic rings. The number of hydrogen-bond donors (Lipinski definition) is 1. The fourth-order valence-electron chi connectivity index (χ4n) is 2.70. The van der Waals surface area contributed by atoms with Crippen LogP contribution in [0.4, 0.5) is 0 Å². The Kier molecular flexibility index (Phi) is 2.53. The maximum Gasteiger partial charge on any atom is 0.158 e. The van der Waals surface area contributed by atoms with E-state index >= 15 is 0 Å². The molecule has 1 aliphatic heterocycles. The predicted molar refractivity (Wildman–Crippen MR) is 64.7 cm³/mol. The summed E-state index contributed by atoms with van der Waals surface area (Å²) in [7, 11) is 0. The Morgan fingerprint density at radius 3 is 2.76 bits per heavy atom. The topological polar surface area (TPSA) is 52.3 Å². The highest BCUT2D eigenvalue weighted by molar-refractivity contribution is 5.93. The highest BCUT2D eigenvalue weighted by Gasteiger charge is 2.51. The summed E-state index contributed by atoms with van der Waals surface area (Å²) >= 11 is 0. The normalized spacial score (nSPS) is 35.8. The summed E-state index contributed by atoms with van der Waals surface area (Å²) in [6, 6.07) is 10.2. The number of carbonyl (C=O) groups excluding carboxylic acids is 1. The number of nitrogens with two attached hydrogens (primary N) is 1. The minimum Gasteiger partial charge on any atom is -0.379 e. The predicted octanol–water partition coefficient (Wildman–Crippen LogP) is 1.48. The van der Waals surface area contributed by atoms with Crippen molar-refractivity contribution in [3.8, 4) is 0 Å². The Labute approximate surface area is 101 Å². The molecule has 0 aromatic heterocycles. The van der Waals surface area contributed by atoms with Gasteiger partial charge >= 0.3 is 0 Å². The van der Waals surface area contributed by atoms with E-state index in [1.807, 2.05) is 18.2 Å². The van der Waals surface area contributed by atoms with Crippen molar-refractivity contribution in [3.05, 3.63) is 35.9 Å². The van der Waals surface area contributed by atoms with Gasteiger partial charge in [-0.05, 0) is 24.3 Å². The van der Waals surface area contributed by atoms with E-state index in [0.717, 1.165) is 6.42 Å². The number of carbonyl (C=O) groups is 1. The average molecular weight is 231 g/mol. The molecule has 90 valence electrons. The van der Waals surface area contributed by atoms with Crippen molar-refractivity contribution < 1.29 is 9.53 Å². The largest absolute Gasteiger partial charge is 0.379 e. The lowest BCUT2D eigenvalue weighted by molar-refractivity contribution is -0.125. The fourth-order valence-corrected chi connectivity index (χ4v) is 2.70. The molecule has 3 atom stereocenters. The van der Waals surface area contributed by atoms with E-state index in [2.05, 4.69) is 12.1 Å². The van der Waals surface area contributed by atoms with Crippen LogP contribution in [-0.2, 0) is 9.53 Å². The standard InChI is InChI=1S/C14H17NO2/c15-14(6-7-17-9-14)13(16)12-8-11(12)10-4-2-1-3-5-10/h1-5,11-12H,6-9,15H2. The van der Waals surface area contributed by atoms with Crippen LogP contribution < -0.4 is 5.73 Å². The summed E-state index contributed by atoms with van der Waals surface area (Å²) in [6.45, 7) is 1.01. The molecule has 1 aromatic carbocycles. The molecule has 0 bridgehead atoms. The lowest BCUT2D eigenvalue weighted by Crippen LogP contribution is -2.49. The maximum atomic E-state index is 12.3. The van der Waals surface area contributed by atoms with E-state index in [0.29, 0.717) is 25.6 Å². The van der Waals surface area contributed by atoms with Gasteiger partial charge in [-0.2, -0.15) is 0 Å². The lowest BCUT2D eigenvalue weighted by Gasteiger charge is -2.19. The van der Waals surface area contributed by atoms with Crippen LogP contribution in [0.15, 0.2) is 30.3 Å². The van der Waals surface area contributed by atoms with Gasteiger partial charge in [0.15, 0.2) is 5.78 Å². The molecule has 3 heteroatoms. The van der Waals surface area contributed by atoms with Crippen molar-refractivity contribution >= 4 is 5.78 Å². The first-order valence-electron chi connectivity index (χ1n) is 6.17. The summed E-state index contributed by atoms with van der Waals surface area (Å²) in [5.74, 6) is 0.692. The molecule has 2 N–H and O–H groups in total. The van der Waals surface area contributed by atoms with E-state index in [1.165, 1.54) is 5.56 Å². The number of hydrogen-bond acceptors (Lipinski definition) is 3. The van der Waals surface area contributed by atoms with Crippen molar-refractivity contribution in [2.75, 3.05) is 13.2 Å². The van der Waals surface area contributed by atoms with Crippen molar-refractivity contribution in [2.24, 2.45) is 11.7 Å². The Morgan fingerprint density at radius 2 is 2.12 bits per heavy atom. The Bertz CT molecular complexity index is 423. The van der Waals surface area contributed by atoms with Crippen LogP contribution in [-0.4, -0.2) is 24.5 Å². The average Bonchev–Trinajstić information content (AvgIpc) is 3.05. The zero-order valence-electron chi connectivity index (χ0n) is 9.76. The molecule has 1 aliphatic carbocycles. The second kappa shape index (κ2) is 3.93. The molecule has 0 amide bonds. The minimum atomic E-state index is -0.714. The van der Waals surface area contributed by atoms with Crippen molar-refractivity contribution in [1.29, 1.82) is 0 Å². The fraction of sp³-hybridized carbons (Fsp3) is 0.500. The van der Waals surface area contributed by atoms with E-state index < -0.39 is 5.54 Å². The Balaban J connectivity index is 1.71. The molecule has 3 unspecified atom stereocenters. The molecule has 0 radical (unpaired) electrons. The number of Topliss-reactive ketones (excluding diaryl/α,β-unsaturated/α-hetero) is 1. The van der Waals surface area contributed by atoms with Gasteiger partial charge in [-0.15, -0.1) is 0 Å². The quantitative estimate of drug-likeness (QED) is 0.857. The molecule has 0 spiro atoms. The highest BCUT2D eigenvalue weighted by Crippen LogP contribution is 2.49. The molecule has 3 rings (SSSR count). The second-order valence-electron chi connectivity index (χ2n) is 5.18. The number of benzene rings is 1. The molecule has 1 saturated carbocycles. The Hall–Kier alpha value is -1.19.